The maximum absolute atomic E-state index is 11.5. The van der Waals surface area contributed by atoms with E-state index in [4.69, 9.17) is 5.26 Å². The number of allylic oxidation sites excluding steroid dienone is 1. The van der Waals surface area contributed by atoms with Crippen molar-refractivity contribution in [3.05, 3.63) is 53.5 Å². The van der Waals surface area contributed by atoms with Gasteiger partial charge in [-0.3, -0.25) is 19.7 Å². The van der Waals surface area contributed by atoms with E-state index in [1.54, 1.807) is 61.6 Å². The summed E-state index contributed by atoms with van der Waals surface area (Å²) in [5, 5.41) is 17.3. The molecule has 0 N–H and O–H groups in total. The Bertz CT molecular complexity index is 1110. The average Bonchev–Trinajstić information content (AvgIpc) is 2.81. The van der Waals surface area contributed by atoms with Crippen LogP contribution < -0.4 is 10.9 Å². The number of rotatable bonds is 12. The van der Waals surface area contributed by atoms with E-state index in [1.807, 2.05) is 0 Å². The van der Waals surface area contributed by atoms with Crippen molar-refractivity contribution in [1.29, 1.82) is 5.26 Å². The van der Waals surface area contributed by atoms with Gasteiger partial charge in [0, 0.05) is 22.6 Å². The molecule has 0 bridgehead atoms. The molecule has 11 heteroatoms. The molecule has 0 heterocycles. The van der Waals surface area contributed by atoms with Crippen molar-refractivity contribution in [2.24, 2.45) is 9.39 Å². The fourth-order valence-corrected chi connectivity index (χ4v) is 4.06. The van der Waals surface area contributed by atoms with E-state index in [0.29, 0.717) is 22.4 Å². The maximum atomic E-state index is 11.5. The molecule has 0 aliphatic rings. The summed E-state index contributed by atoms with van der Waals surface area (Å²) in [6.07, 6.45) is 13.3. The Balaban J connectivity index is -0.000000506. The van der Waals surface area contributed by atoms with Crippen LogP contribution in [0.4, 0.5) is 0 Å². The van der Waals surface area contributed by atoms with Gasteiger partial charge in [0.25, 0.3) is 10.0 Å². The highest BCUT2D eigenvalue weighted by molar-refractivity contribution is 7.90. The zero-order valence-corrected chi connectivity index (χ0v) is 26.1. The Morgan fingerprint density at radius 3 is 1.49 bits per heavy atom. The lowest BCUT2D eigenvalue weighted by molar-refractivity contribution is -0.403. The van der Waals surface area contributed by atoms with E-state index in [-0.39, 0.29) is 16.6 Å². The molecule has 0 atom stereocenters. The largest absolute Gasteiger partial charge is 0.285 e. The van der Waals surface area contributed by atoms with Crippen molar-refractivity contribution < 1.29 is 13.3 Å². The second kappa shape index (κ2) is 24.1. The highest BCUT2D eigenvalue weighted by Crippen LogP contribution is 2.10. The van der Waals surface area contributed by atoms with Crippen molar-refractivity contribution in [2.45, 2.75) is 120 Å². The SMILES string of the molecule is CC(C)=C[N+](=O)[O-].CC(C)=NC#N.CCCCCCCCCCCS(=O)(=O)N=C(C)C.Cc1c(C)c(=O)c1=O. The molecule has 0 spiro atoms. The third-order valence-electron chi connectivity index (χ3n) is 4.91. The van der Waals surface area contributed by atoms with Gasteiger partial charge in [0.15, 0.2) is 0 Å². The van der Waals surface area contributed by atoms with Gasteiger partial charge in [-0.15, -0.1) is 0 Å². The lowest BCUT2D eigenvalue weighted by atomic mass is 10.1. The summed E-state index contributed by atoms with van der Waals surface area (Å²) in [6, 6.07) is 0. The molecule has 0 amide bonds. The van der Waals surface area contributed by atoms with Crippen LogP contribution in [0.2, 0.25) is 0 Å². The second-order valence-electron chi connectivity index (χ2n) is 9.71. The predicted octanol–water partition coefficient (Wildman–Crippen LogP) is 6.36. The molecule has 0 aliphatic carbocycles. The molecule has 39 heavy (non-hydrogen) atoms. The molecule has 1 aromatic carbocycles. The number of sulfonamides is 1. The summed E-state index contributed by atoms with van der Waals surface area (Å²) in [6.45, 7) is 15.9. The minimum atomic E-state index is -3.20. The molecule has 1 aromatic rings. The number of nitrogens with zero attached hydrogens (tertiary/aromatic N) is 4. The zero-order chi connectivity index (χ0) is 31.0. The smallest absolute Gasteiger partial charge is 0.253 e. The molecule has 1 rings (SSSR count). The van der Waals surface area contributed by atoms with E-state index in [1.165, 1.54) is 38.5 Å². The van der Waals surface area contributed by atoms with E-state index < -0.39 is 14.9 Å². The molecule has 0 aromatic heterocycles. The quantitative estimate of drug-likeness (QED) is 0.0707. The first kappa shape index (κ1) is 40.5. The van der Waals surface area contributed by atoms with Crippen LogP contribution in [0, 0.1) is 35.4 Å². The highest BCUT2D eigenvalue weighted by Gasteiger charge is 2.10. The van der Waals surface area contributed by atoms with Crippen LogP contribution in [0.25, 0.3) is 0 Å². The van der Waals surface area contributed by atoms with Crippen LogP contribution in [0.15, 0.2) is 30.8 Å². The Morgan fingerprint density at radius 1 is 0.846 bits per heavy atom. The first-order valence-corrected chi connectivity index (χ1v) is 14.8. The van der Waals surface area contributed by atoms with E-state index in [9.17, 15) is 28.1 Å². The van der Waals surface area contributed by atoms with Crippen LogP contribution in [0.5, 0.6) is 0 Å². The first-order chi connectivity index (χ1) is 18.0. The van der Waals surface area contributed by atoms with Crippen molar-refractivity contribution in [3.8, 4) is 6.19 Å². The van der Waals surface area contributed by atoms with Crippen LogP contribution in [0.1, 0.15) is 117 Å². The molecular weight excluding hydrogens is 520 g/mol. The molecule has 0 unspecified atom stereocenters. The monoisotopic (exact) mass is 568 g/mol. The van der Waals surface area contributed by atoms with Crippen LogP contribution in [-0.2, 0) is 10.0 Å². The number of hydrogen-bond acceptors (Lipinski definition) is 8. The van der Waals surface area contributed by atoms with Crippen molar-refractivity contribution in [2.75, 3.05) is 5.75 Å². The third kappa shape index (κ3) is 27.8. The normalized spacial score (nSPS) is 9.74. The van der Waals surface area contributed by atoms with Gasteiger partial charge in [0.05, 0.1) is 10.7 Å². The van der Waals surface area contributed by atoms with Gasteiger partial charge in [0.1, 0.15) is 0 Å². The molecular formula is C28H48N4O6S. The number of hydrogen-bond donors (Lipinski definition) is 0. The molecule has 0 radical (unpaired) electrons. The number of unbranched alkanes of at least 4 members (excludes halogenated alkanes) is 8. The molecule has 10 nitrogen and oxygen atoms in total. The van der Waals surface area contributed by atoms with Crippen molar-refractivity contribution in [3.63, 3.8) is 0 Å². The van der Waals surface area contributed by atoms with E-state index in [2.05, 4.69) is 16.3 Å². The lowest BCUT2D eigenvalue weighted by Gasteiger charge is -2.02. The van der Waals surface area contributed by atoms with Gasteiger partial charge in [-0.2, -0.15) is 14.7 Å². The average molecular weight is 569 g/mol. The summed E-state index contributed by atoms with van der Waals surface area (Å²) >= 11 is 0. The van der Waals surface area contributed by atoms with Crippen molar-refractivity contribution in [1.82, 2.24) is 0 Å². The lowest BCUT2D eigenvalue weighted by Crippen LogP contribution is -2.36. The zero-order valence-electron chi connectivity index (χ0n) is 25.3. The van der Waals surface area contributed by atoms with Gasteiger partial charge in [-0.25, -0.2) is 8.42 Å². The third-order valence-corrected chi connectivity index (χ3v) is 6.36. The number of nitriles is 1. The topological polar surface area (TPSA) is 160 Å². The Labute approximate surface area is 234 Å². The maximum Gasteiger partial charge on any atom is 0.253 e. The van der Waals surface area contributed by atoms with Crippen LogP contribution in [0.3, 0.4) is 0 Å². The fraction of sp³-hybridized carbons (Fsp3) is 0.679. The first-order valence-electron chi connectivity index (χ1n) is 13.2. The van der Waals surface area contributed by atoms with Gasteiger partial charge >= 0.3 is 0 Å². The summed E-state index contributed by atoms with van der Waals surface area (Å²) in [5.41, 5.74) is 2.74. The van der Waals surface area contributed by atoms with Gasteiger partial charge in [-0.1, -0.05) is 58.3 Å². The Morgan fingerprint density at radius 2 is 1.26 bits per heavy atom. The van der Waals surface area contributed by atoms with Crippen LogP contribution >= 0.6 is 0 Å². The molecule has 0 fully saturated rings. The second-order valence-corrected chi connectivity index (χ2v) is 11.5. The van der Waals surface area contributed by atoms with E-state index >= 15 is 0 Å². The fourth-order valence-electron chi connectivity index (χ4n) is 2.85. The minimum Gasteiger partial charge on any atom is -0.285 e. The van der Waals surface area contributed by atoms with Crippen molar-refractivity contribution >= 4 is 21.4 Å². The Kier molecular flexibility index (Phi) is 25.0. The number of nitro groups is 1. The molecule has 0 saturated carbocycles. The molecule has 222 valence electrons. The summed E-state index contributed by atoms with van der Waals surface area (Å²) in [4.78, 5) is 33.2. The summed E-state index contributed by atoms with van der Waals surface area (Å²) in [5.74, 6) is 0.202. The molecule has 0 aliphatic heterocycles. The van der Waals surface area contributed by atoms with Gasteiger partial charge < -0.3 is 0 Å². The predicted molar refractivity (Wildman–Crippen MR) is 161 cm³/mol. The highest BCUT2D eigenvalue weighted by atomic mass is 32.2. The standard InChI is InChI=1S/C14H29NO2S.C6H6O2.C4H6N2.C4H7NO2/c1-4-5-6-7-8-9-10-11-12-13-18(16,17)15-14(2)3;1-3-4(2)6(8)5(3)7;1-4(2)6-3-5;1-4(2)3-5(6)7/h4-13H2,1-3H3;1-2H3;1-2H3;3H,1-2H3. The minimum absolute atomic E-state index is 0.202. The van der Waals surface area contributed by atoms with Crippen LogP contribution in [-0.4, -0.2) is 30.5 Å². The Hall–Kier alpha value is -3.00. The van der Waals surface area contributed by atoms with Gasteiger partial charge in [-0.05, 0) is 67.4 Å². The van der Waals surface area contributed by atoms with E-state index in [0.717, 1.165) is 31.2 Å². The molecule has 0 saturated heterocycles. The van der Waals surface area contributed by atoms with Gasteiger partial charge in [0.2, 0.25) is 23.3 Å². The summed E-state index contributed by atoms with van der Waals surface area (Å²) in [7, 11) is -3.20. The summed E-state index contributed by atoms with van der Waals surface area (Å²) < 4.78 is 26.6. The number of aliphatic imine (C=N–C) groups is 1.